The fourth-order valence-corrected chi connectivity index (χ4v) is 2.64. The zero-order chi connectivity index (χ0) is 11.6. The van der Waals surface area contributed by atoms with Crippen LogP contribution in [0, 0.1) is 11.8 Å². The van der Waals surface area contributed by atoms with Gasteiger partial charge in [0.15, 0.2) is 0 Å². The third-order valence-electron chi connectivity index (χ3n) is 3.62. The monoisotopic (exact) mass is 213 g/mol. The Balaban J connectivity index is 2.46. The Morgan fingerprint density at radius 2 is 1.93 bits per heavy atom. The van der Waals surface area contributed by atoms with Crippen LogP contribution in [0.4, 0.5) is 0 Å². The minimum absolute atomic E-state index is 0.0873. The Morgan fingerprint density at radius 1 is 1.33 bits per heavy atom. The lowest BCUT2D eigenvalue weighted by Crippen LogP contribution is -2.34. The van der Waals surface area contributed by atoms with Crippen LogP contribution in [0.3, 0.4) is 0 Å². The van der Waals surface area contributed by atoms with Gasteiger partial charge >= 0.3 is 0 Å². The number of rotatable bonds is 4. The molecule has 0 amide bonds. The fraction of sp³-hybridized carbons (Fsp3) is 1.00. The number of ether oxygens (including phenoxy) is 1. The average molecular weight is 213 g/mol. The number of nitrogens with two attached hydrogens (primary N) is 1. The Kier molecular flexibility index (Phi) is 4.19. The van der Waals surface area contributed by atoms with Crippen LogP contribution in [0.5, 0.6) is 0 Å². The van der Waals surface area contributed by atoms with Gasteiger partial charge in [0.05, 0.1) is 11.7 Å². The molecule has 1 aliphatic heterocycles. The van der Waals surface area contributed by atoms with E-state index in [4.69, 9.17) is 10.5 Å². The summed E-state index contributed by atoms with van der Waals surface area (Å²) in [6.45, 7) is 11.0. The van der Waals surface area contributed by atoms with Crippen molar-refractivity contribution in [3.8, 4) is 0 Å². The van der Waals surface area contributed by atoms with Crippen molar-refractivity contribution in [2.45, 2.75) is 71.6 Å². The molecule has 1 rings (SSSR count). The molecule has 3 unspecified atom stereocenters. The largest absolute Gasteiger partial charge is 0.372 e. The molecule has 0 spiro atoms. The van der Waals surface area contributed by atoms with Crippen molar-refractivity contribution in [2.24, 2.45) is 17.6 Å². The highest BCUT2D eigenvalue weighted by atomic mass is 16.5. The van der Waals surface area contributed by atoms with Gasteiger partial charge in [-0.3, -0.25) is 0 Å². The summed E-state index contributed by atoms with van der Waals surface area (Å²) >= 11 is 0. The molecular formula is C13H27NO. The average Bonchev–Trinajstić information content (AvgIpc) is 2.40. The Hall–Kier alpha value is -0.0800. The summed E-state index contributed by atoms with van der Waals surface area (Å²) in [5, 5.41) is 0. The van der Waals surface area contributed by atoms with E-state index in [0.717, 1.165) is 6.42 Å². The van der Waals surface area contributed by atoms with Gasteiger partial charge in [-0.15, -0.1) is 0 Å². The first kappa shape index (κ1) is 13.0. The highest BCUT2D eigenvalue weighted by Crippen LogP contribution is 2.34. The summed E-state index contributed by atoms with van der Waals surface area (Å²) in [6, 6.07) is 0.275. The van der Waals surface area contributed by atoms with Gasteiger partial charge in [0.2, 0.25) is 0 Å². The zero-order valence-corrected chi connectivity index (χ0v) is 10.9. The molecule has 0 aromatic heterocycles. The smallest absolute Gasteiger partial charge is 0.0631 e. The van der Waals surface area contributed by atoms with Gasteiger partial charge in [-0.2, -0.15) is 0 Å². The maximum Gasteiger partial charge on any atom is 0.0631 e. The summed E-state index contributed by atoms with van der Waals surface area (Å²) in [6.07, 6.45) is 3.93. The number of hydrogen-bond donors (Lipinski definition) is 1. The second-order valence-electron chi connectivity index (χ2n) is 6.04. The molecule has 0 radical (unpaired) electrons. The molecular weight excluding hydrogens is 186 g/mol. The summed E-state index contributed by atoms with van der Waals surface area (Å²) in [5.74, 6) is 1.24. The van der Waals surface area contributed by atoms with E-state index in [1.165, 1.54) is 12.8 Å². The molecule has 1 saturated heterocycles. The van der Waals surface area contributed by atoms with Crippen molar-refractivity contribution in [3.05, 3.63) is 0 Å². The first-order chi connectivity index (χ1) is 6.82. The molecule has 0 aliphatic carbocycles. The summed E-state index contributed by atoms with van der Waals surface area (Å²) in [5.41, 5.74) is 6.12. The van der Waals surface area contributed by atoms with Crippen LogP contribution in [0.25, 0.3) is 0 Å². The first-order valence-electron chi connectivity index (χ1n) is 6.25. The Morgan fingerprint density at radius 3 is 2.27 bits per heavy atom. The highest BCUT2D eigenvalue weighted by molar-refractivity contribution is 4.84. The van der Waals surface area contributed by atoms with Gasteiger partial charge in [-0.05, 0) is 51.9 Å². The van der Waals surface area contributed by atoms with Crippen molar-refractivity contribution >= 4 is 0 Å². The van der Waals surface area contributed by atoms with Crippen LogP contribution in [-0.2, 0) is 4.74 Å². The Labute approximate surface area is 94.6 Å². The lowest BCUT2D eigenvalue weighted by atomic mass is 9.84. The summed E-state index contributed by atoms with van der Waals surface area (Å²) < 4.78 is 6.02. The van der Waals surface area contributed by atoms with Gasteiger partial charge in [0, 0.05) is 6.04 Å². The second-order valence-corrected chi connectivity index (χ2v) is 6.04. The summed E-state index contributed by atoms with van der Waals surface area (Å²) in [7, 11) is 0. The van der Waals surface area contributed by atoms with Crippen LogP contribution in [0.1, 0.15) is 53.9 Å². The van der Waals surface area contributed by atoms with E-state index < -0.39 is 0 Å². The molecule has 2 heteroatoms. The predicted molar refractivity (Wildman–Crippen MR) is 64.8 cm³/mol. The fourth-order valence-electron chi connectivity index (χ4n) is 2.64. The van der Waals surface area contributed by atoms with Crippen molar-refractivity contribution in [2.75, 3.05) is 0 Å². The SMILES string of the molecule is CC(C)C(CC1CCC(C)(C)O1)C(C)N. The van der Waals surface area contributed by atoms with Crippen LogP contribution < -0.4 is 5.73 Å². The van der Waals surface area contributed by atoms with Gasteiger partial charge < -0.3 is 10.5 Å². The van der Waals surface area contributed by atoms with E-state index in [0.29, 0.717) is 17.9 Å². The lowest BCUT2D eigenvalue weighted by molar-refractivity contribution is -0.0285. The standard InChI is InChI=1S/C13H27NO/c1-9(2)12(10(3)14)8-11-6-7-13(4,5)15-11/h9-12H,6-8,14H2,1-5H3. The lowest BCUT2D eigenvalue weighted by Gasteiger charge is -2.28. The van der Waals surface area contributed by atoms with E-state index >= 15 is 0 Å². The minimum Gasteiger partial charge on any atom is -0.372 e. The molecule has 1 aliphatic rings. The van der Waals surface area contributed by atoms with E-state index in [1.54, 1.807) is 0 Å². The van der Waals surface area contributed by atoms with Crippen molar-refractivity contribution in [1.29, 1.82) is 0 Å². The molecule has 90 valence electrons. The van der Waals surface area contributed by atoms with Crippen molar-refractivity contribution in [1.82, 2.24) is 0 Å². The van der Waals surface area contributed by atoms with Gasteiger partial charge in [-0.1, -0.05) is 13.8 Å². The van der Waals surface area contributed by atoms with Gasteiger partial charge in [-0.25, -0.2) is 0 Å². The van der Waals surface area contributed by atoms with Crippen LogP contribution in [-0.4, -0.2) is 17.7 Å². The molecule has 0 aromatic rings. The molecule has 2 nitrogen and oxygen atoms in total. The molecule has 0 aromatic carbocycles. The highest BCUT2D eigenvalue weighted by Gasteiger charge is 2.34. The minimum atomic E-state index is 0.0873. The number of hydrogen-bond acceptors (Lipinski definition) is 2. The predicted octanol–water partition coefficient (Wildman–Crippen LogP) is 2.95. The van der Waals surface area contributed by atoms with Crippen molar-refractivity contribution in [3.63, 3.8) is 0 Å². The second kappa shape index (κ2) is 4.84. The van der Waals surface area contributed by atoms with Crippen LogP contribution in [0.15, 0.2) is 0 Å². The molecule has 0 bridgehead atoms. The normalized spacial score (nSPS) is 29.4. The van der Waals surface area contributed by atoms with E-state index in [1.807, 2.05) is 0 Å². The quantitative estimate of drug-likeness (QED) is 0.779. The third-order valence-corrected chi connectivity index (χ3v) is 3.62. The van der Waals surface area contributed by atoms with Crippen molar-refractivity contribution < 1.29 is 4.74 Å². The van der Waals surface area contributed by atoms with E-state index in [2.05, 4.69) is 34.6 Å². The van der Waals surface area contributed by atoms with Crippen LogP contribution >= 0.6 is 0 Å². The van der Waals surface area contributed by atoms with E-state index in [9.17, 15) is 0 Å². The Bertz CT molecular complexity index is 191. The molecule has 1 fully saturated rings. The first-order valence-corrected chi connectivity index (χ1v) is 6.25. The molecule has 15 heavy (non-hydrogen) atoms. The molecule has 3 atom stereocenters. The maximum atomic E-state index is 6.03. The molecule has 1 heterocycles. The molecule has 2 N–H and O–H groups in total. The van der Waals surface area contributed by atoms with Gasteiger partial charge in [0.1, 0.15) is 0 Å². The summed E-state index contributed by atoms with van der Waals surface area (Å²) in [4.78, 5) is 0. The van der Waals surface area contributed by atoms with Gasteiger partial charge in [0.25, 0.3) is 0 Å². The maximum absolute atomic E-state index is 6.03. The van der Waals surface area contributed by atoms with Crippen LogP contribution in [0.2, 0.25) is 0 Å². The topological polar surface area (TPSA) is 35.2 Å². The molecule has 0 saturated carbocycles. The third kappa shape index (κ3) is 3.76. The zero-order valence-electron chi connectivity index (χ0n) is 10.9. The van der Waals surface area contributed by atoms with E-state index in [-0.39, 0.29) is 11.6 Å².